The van der Waals surface area contributed by atoms with E-state index in [0.717, 1.165) is 18.0 Å². The molecular weight excluding hydrogens is 347 g/mol. The molecule has 2 fully saturated rings. The van der Waals surface area contributed by atoms with Gasteiger partial charge in [-0.3, -0.25) is 0 Å². The van der Waals surface area contributed by atoms with Crippen molar-refractivity contribution >= 4 is 15.9 Å². The molecule has 2 nitrogen and oxygen atoms in total. The fraction of sp³-hybridized carbons (Fsp3) is 0.600. The molecule has 2 aliphatic rings. The van der Waals surface area contributed by atoms with E-state index in [1.165, 1.54) is 31.7 Å². The van der Waals surface area contributed by atoms with Crippen LogP contribution in [0.4, 0.5) is 13.2 Å². The van der Waals surface area contributed by atoms with E-state index in [1.54, 1.807) is 12.1 Å². The number of halogens is 4. The van der Waals surface area contributed by atoms with Crippen LogP contribution in [-0.4, -0.2) is 12.9 Å². The summed E-state index contributed by atoms with van der Waals surface area (Å²) in [5.74, 6) is 0.696. The van der Waals surface area contributed by atoms with E-state index in [4.69, 9.17) is 0 Å². The highest BCUT2D eigenvalue weighted by atomic mass is 79.9. The van der Waals surface area contributed by atoms with Crippen LogP contribution in [0.5, 0.6) is 5.75 Å². The van der Waals surface area contributed by atoms with Crippen molar-refractivity contribution in [2.75, 3.05) is 6.54 Å². The molecule has 0 bridgehead atoms. The SMILES string of the molecule is FC(F)(F)Oc1ccc(CNCC2(C3CC3)CC2)cc1Br. The molecule has 0 amide bonds. The summed E-state index contributed by atoms with van der Waals surface area (Å²) >= 11 is 3.12. The Bertz CT molecular complexity index is 524. The van der Waals surface area contributed by atoms with Gasteiger partial charge in [-0.1, -0.05) is 6.07 Å². The van der Waals surface area contributed by atoms with Crippen molar-refractivity contribution in [2.45, 2.75) is 38.6 Å². The summed E-state index contributed by atoms with van der Waals surface area (Å²) in [5.41, 5.74) is 1.47. The first-order valence-electron chi connectivity index (χ1n) is 7.13. The summed E-state index contributed by atoms with van der Waals surface area (Å²) in [6.45, 7) is 1.68. The first kappa shape index (κ1) is 15.2. The highest BCUT2D eigenvalue weighted by Gasteiger charge is 2.53. The topological polar surface area (TPSA) is 21.3 Å². The number of alkyl halides is 3. The molecule has 116 valence electrons. The van der Waals surface area contributed by atoms with E-state index in [9.17, 15) is 13.2 Å². The van der Waals surface area contributed by atoms with Gasteiger partial charge in [0.15, 0.2) is 0 Å². The van der Waals surface area contributed by atoms with Gasteiger partial charge in [0, 0.05) is 13.1 Å². The Morgan fingerprint density at radius 2 is 2.00 bits per heavy atom. The average Bonchev–Trinajstić information content (AvgIpc) is 3.24. The van der Waals surface area contributed by atoms with Crippen molar-refractivity contribution in [2.24, 2.45) is 11.3 Å². The second-order valence-corrected chi connectivity index (χ2v) is 6.91. The molecule has 0 radical (unpaired) electrons. The maximum absolute atomic E-state index is 12.2. The third-order valence-electron chi connectivity index (χ3n) is 4.36. The van der Waals surface area contributed by atoms with E-state index in [0.29, 0.717) is 16.4 Å². The average molecular weight is 364 g/mol. The van der Waals surface area contributed by atoms with Gasteiger partial charge in [0.1, 0.15) is 5.75 Å². The molecule has 1 N–H and O–H groups in total. The van der Waals surface area contributed by atoms with Gasteiger partial charge in [0.25, 0.3) is 0 Å². The van der Waals surface area contributed by atoms with Crippen LogP contribution < -0.4 is 10.1 Å². The molecule has 1 aromatic carbocycles. The summed E-state index contributed by atoms with van der Waals surface area (Å²) < 4.78 is 40.8. The lowest BCUT2D eigenvalue weighted by molar-refractivity contribution is -0.274. The molecule has 2 saturated carbocycles. The Hall–Kier alpha value is -0.750. The highest BCUT2D eigenvalue weighted by Crippen LogP contribution is 2.60. The zero-order valence-corrected chi connectivity index (χ0v) is 13.1. The predicted molar refractivity (Wildman–Crippen MR) is 76.9 cm³/mol. The Morgan fingerprint density at radius 3 is 2.52 bits per heavy atom. The molecular formula is C15H17BrF3NO. The molecule has 0 unspecified atom stereocenters. The molecule has 0 aromatic heterocycles. The largest absolute Gasteiger partial charge is 0.573 e. The van der Waals surface area contributed by atoms with Gasteiger partial charge in [-0.25, -0.2) is 0 Å². The second-order valence-electron chi connectivity index (χ2n) is 6.05. The van der Waals surface area contributed by atoms with Crippen molar-refractivity contribution in [1.82, 2.24) is 5.32 Å². The summed E-state index contributed by atoms with van der Waals surface area (Å²) in [6, 6.07) is 4.68. The fourth-order valence-electron chi connectivity index (χ4n) is 2.90. The monoisotopic (exact) mass is 363 g/mol. The van der Waals surface area contributed by atoms with Crippen LogP contribution in [0.2, 0.25) is 0 Å². The third kappa shape index (κ3) is 3.92. The third-order valence-corrected chi connectivity index (χ3v) is 4.98. The van der Waals surface area contributed by atoms with Crippen LogP contribution >= 0.6 is 15.9 Å². The molecule has 0 atom stereocenters. The molecule has 6 heteroatoms. The smallest absolute Gasteiger partial charge is 0.405 e. The van der Waals surface area contributed by atoms with Crippen molar-refractivity contribution in [3.05, 3.63) is 28.2 Å². The van der Waals surface area contributed by atoms with Crippen molar-refractivity contribution in [1.29, 1.82) is 0 Å². The van der Waals surface area contributed by atoms with Gasteiger partial charge in [-0.15, -0.1) is 13.2 Å². The number of hydrogen-bond acceptors (Lipinski definition) is 2. The zero-order chi connectivity index (χ0) is 15.1. The van der Waals surface area contributed by atoms with Gasteiger partial charge >= 0.3 is 6.36 Å². The lowest BCUT2D eigenvalue weighted by atomic mass is 10.0. The van der Waals surface area contributed by atoms with Crippen LogP contribution in [0, 0.1) is 11.3 Å². The van der Waals surface area contributed by atoms with Crippen LogP contribution in [0.1, 0.15) is 31.2 Å². The Kier molecular flexibility index (Phi) is 3.94. The lowest BCUT2D eigenvalue weighted by Crippen LogP contribution is -2.25. The van der Waals surface area contributed by atoms with Crippen LogP contribution in [0.3, 0.4) is 0 Å². The van der Waals surface area contributed by atoms with Crippen molar-refractivity contribution < 1.29 is 17.9 Å². The van der Waals surface area contributed by atoms with E-state index in [-0.39, 0.29) is 5.75 Å². The van der Waals surface area contributed by atoms with Crippen LogP contribution in [0.25, 0.3) is 0 Å². The molecule has 0 spiro atoms. The summed E-state index contributed by atoms with van der Waals surface area (Å²) in [5, 5.41) is 3.44. The quantitative estimate of drug-likeness (QED) is 0.795. The summed E-state index contributed by atoms with van der Waals surface area (Å²) in [7, 11) is 0. The standard InChI is InChI=1S/C15H17BrF3NO/c16-12-7-10(1-4-13(12)21-15(17,18)19)8-20-9-14(5-6-14)11-2-3-11/h1,4,7,11,20H,2-3,5-6,8-9H2. The molecule has 0 saturated heterocycles. The molecule has 0 aliphatic heterocycles. The number of nitrogens with one attached hydrogen (secondary N) is 1. The number of rotatable bonds is 6. The summed E-state index contributed by atoms with van der Waals surface area (Å²) in [6.07, 6.45) is 0.678. The second kappa shape index (κ2) is 5.47. The minimum absolute atomic E-state index is 0.206. The fourth-order valence-corrected chi connectivity index (χ4v) is 3.41. The molecule has 0 heterocycles. The van der Waals surface area contributed by atoms with Crippen molar-refractivity contribution in [3.8, 4) is 5.75 Å². The molecule has 3 rings (SSSR count). The Balaban J connectivity index is 1.53. The van der Waals surface area contributed by atoms with Crippen LogP contribution in [-0.2, 0) is 6.54 Å². The molecule has 1 aromatic rings. The minimum atomic E-state index is -4.66. The maximum atomic E-state index is 12.2. The normalized spacial score (nSPS) is 20.4. The number of hydrogen-bond donors (Lipinski definition) is 1. The van der Waals surface area contributed by atoms with Crippen molar-refractivity contribution in [3.63, 3.8) is 0 Å². The van der Waals surface area contributed by atoms with E-state index < -0.39 is 6.36 Å². The van der Waals surface area contributed by atoms with E-state index >= 15 is 0 Å². The molecule has 2 aliphatic carbocycles. The highest BCUT2D eigenvalue weighted by molar-refractivity contribution is 9.10. The zero-order valence-electron chi connectivity index (χ0n) is 11.5. The Morgan fingerprint density at radius 1 is 1.29 bits per heavy atom. The maximum Gasteiger partial charge on any atom is 0.573 e. The van der Waals surface area contributed by atoms with Gasteiger partial charge < -0.3 is 10.1 Å². The first-order valence-corrected chi connectivity index (χ1v) is 7.92. The van der Waals surface area contributed by atoms with E-state index in [2.05, 4.69) is 26.0 Å². The van der Waals surface area contributed by atoms with Gasteiger partial charge in [-0.2, -0.15) is 0 Å². The lowest BCUT2D eigenvalue weighted by Gasteiger charge is -2.15. The van der Waals surface area contributed by atoms with Crippen LogP contribution in [0.15, 0.2) is 22.7 Å². The first-order chi connectivity index (χ1) is 9.88. The number of ether oxygens (including phenoxy) is 1. The molecule has 21 heavy (non-hydrogen) atoms. The van der Waals surface area contributed by atoms with Gasteiger partial charge in [0.05, 0.1) is 4.47 Å². The Labute approximate surface area is 130 Å². The van der Waals surface area contributed by atoms with E-state index in [1.807, 2.05) is 0 Å². The minimum Gasteiger partial charge on any atom is -0.405 e. The number of benzene rings is 1. The van der Waals surface area contributed by atoms with Gasteiger partial charge in [-0.05, 0) is 70.6 Å². The summed E-state index contributed by atoms with van der Waals surface area (Å²) in [4.78, 5) is 0. The van der Waals surface area contributed by atoms with Gasteiger partial charge in [0.2, 0.25) is 0 Å². The predicted octanol–water partition coefficient (Wildman–Crippen LogP) is 4.63.